The predicted octanol–water partition coefficient (Wildman–Crippen LogP) is 2.10. The monoisotopic (exact) mass is 357 g/mol. The Morgan fingerprint density at radius 1 is 1.08 bits per heavy atom. The SMILES string of the molecule is Cc1c(C(F)F)nc2ccc(C#Cc3nc(N4CCCC4)nn3C)nn12. The van der Waals surface area contributed by atoms with Gasteiger partial charge in [-0.05, 0) is 43.7 Å². The molecule has 0 radical (unpaired) electrons. The van der Waals surface area contributed by atoms with E-state index >= 15 is 0 Å². The average molecular weight is 357 g/mol. The van der Waals surface area contributed by atoms with Crippen molar-refractivity contribution >= 4 is 11.6 Å². The van der Waals surface area contributed by atoms with Gasteiger partial charge >= 0.3 is 0 Å². The largest absolute Gasteiger partial charge is 0.340 e. The zero-order chi connectivity index (χ0) is 18.3. The highest BCUT2D eigenvalue weighted by Gasteiger charge is 2.18. The Balaban J connectivity index is 1.65. The van der Waals surface area contributed by atoms with E-state index in [4.69, 9.17) is 0 Å². The van der Waals surface area contributed by atoms with Gasteiger partial charge in [0.25, 0.3) is 6.43 Å². The molecule has 9 heteroatoms. The van der Waals surface area contributed by atoms with E-state index in [-0.39, 0.29) is 5.69 Å². The molecule has 1 fully saturated rings. The molecule has 0 amide bonds. The molecule has 0 unspecified atom stereocenters. The van der Waals surface area contributed by atoms with Crippen molar-refractivity contribution in [3.8, 4) is 11.8 Å². The van der Waals surface area contributed by atoms with Crippen LogP contribution in [0.2, 0.25) is 0 Å². The van der Waals surface area contributed by atoms with Crippen LogP contribution in [-0.4, -0.2) is 42.5 Å². The first kappa shape index (κ1) is 16.4. The van der Waals surface area contributed by atoms with Gasteiger partial charge in [-0.2, -0.15) is 10.1 Å². The zero-order valence-electron chi connectivity index (χ0n) is 14.4. The summed E-state index contributed by atoms with van der Waals surface area (Å²) in [6.45, 7) is 3.49. The number of aromatic nitrogens is 6. The normalized spacial score (nSPS) is 14.3. The fourth-order valence-corrected chi connectivity index (χ4v) is 2.98. The summed E-state index contributed by atoms with van der Waals surface area (Å²) in [6.07, 6.45) is -0.337. The van der Waals surface area contributed by atoms with Gasteiger partial charge in [-0.25, -0.2) is 23.0 Å². The summed E-state index contributed by atoms with van der Waals surface area (Å²) in [6, 6.07) is 3.28. The first-order valence-electron chi connectivity index (χ1n) is 8.35. The van der Waals surface area contributed by atoms with E-state index < -0.39 is 6.43 Å². The Hall–Kier alpha value is -3.02. The number of hydrogen-bond acceptors (Lipinski definition) is 5. The maximum atomic E-state index is 13.0. The molecule has 7 nitrogen and oxygen atoms in total. The van der Waals surface area contributed by atoms with Crippen LogP contribution in [0.15, 0.2) is 12.1 Å². The first-order valence-corrected chi connectivity index (χ1v) is 8.35. The molecular weight excluding hydrogens is 340 g/mol. The molecule has 1 saturated heterocycles. The van der Waals surface area contributed by atoms with Crippen LogP contribution in [-0.2, 0) is 7.05 Å². The molecule has 134 valence electrons. The van der Waals surface area contributed by atoms with Crippen LogP contribution in [0.25, 0.3) is 5.65 Å². The summed E-state index contributed by atoms with van der Waals surface area (Å²) in [5, 5.41) is 8.69. The van der Waals surface area contributed by atoms with Crippen molar-refractivity contribution in [3.05, 3.63) is 35.0 Å². The molecule has 3 aromatic heterocycles. The van der Waals surface area contributed by atoms with Gasteiger partial charge in [0, 0.05) is 20.1 Å². The second kappa shape index (κ2) is 6.37. The van der Waals surface area contributed by atoms with Crippen molar-refractivity contribution in [2.75, 3.05) is 18.0 Å². The molecule has 0 saturated carbocycles. The quantitative estimate of drug-likeness (QED) is 0.657. The molecule has 0 bridgehead atoms. The van der Waals surface area contributed by atoms with Gasteiger partial charge < -0.3 is 4.90 Å². The minimum absolute atomic E-state index is 0.258. The van der Waals surface area contributed by atoms with Gasteiger partial charge in [0.2, 0.25) is 11.8 Å². The van der Waals surface area contributed by atoms with Crippen LogP contribution in [0.4, 0.5) is 14.7 Å². The van der Waals surface area contributed by atoms with Crippen LogP contribution in [0.3, 0.4) is 0 Å². The van der Waals surface area contributed by atoms with Crippen LogP contribution in [0, 0.1) is 18.8 Å². The van der Waals surface area contributed by atoms with E-state index in [1.54, 1.807) is 30.8 Å². The summed E-state index contributed by atoms with van der Waals surface area (Å²) in [7, 11) is 1.79. The Morgan fingerprint density at radius 2 is 1.85 bits per heavy atom. The Morgan fingerprint density at radius 3 is 2.58 bits per heavy atom. The fourth-order valence-electron chi connectivity index (χ4n) is 2.98. The molecule has 0 aromatic carbocycles. The number of hydrogen-bond donors (Lipinski definition) is 0. The molecule has 26 heavy (non-hydrogen) atoms. The maximum absolute atomic E-state index is 13.0. The minimum Gasteiger partial charge on any atom is -0.340 e. The molecule has 4 rings (SSSR count). The van der Waals surface area contributed by atoms with Crippen LogP contribution in [0.1, 0.15) is 42.2 Å². The number of fused-ring (bicyclic) bond motifs is 1. The Kier molecular flexibility index (Phi) is 4.03. The van der Waals surface area contributed by atoms with Crippen molar-refractivity contribution in [2.45, 2.75) is 26.2 Å². The molecule has 0 spiro atoms. The number of rotatable bonds is 2. The van der Waals surface area contributed by atoms with E-state index in [1.165, 1.54) is 4.52 Å². The fraction of sp³-hybridized carbons (Fsp3) is 0.412. The van der Waals surface area contributed by atoms with Gasteiger partial charge in [0.15, 0.2) is 5.65 Å². The van der Waals surface area contributed by atoms with Gasteiger partial charge in [-0.1, -0.05) is 0 Å². The van der Waals surface area contributed by atoms with Crippen molar-refractivity contribution in [1.29, 1.82) is 0 Å². The number of aryl methyl sites for hydroxylation is 2. The summed E-state index contributed by atoms with van der Waals surface area (Å²) in [5.74, 6) is 7.10. The Bertz CT molecular complexity index is 1020. The molecule has 0 atom stereocenters. The zero-order valence-corrected chi connectivity index (χ0v) is 14.4. The van der Waals surface area contributed by atoms with E-state index in [1.807, 2.05) is 0 Å². The van der Waals surface area contributed by atoms with Crippen LogP contribution < -0.4 is 4.90 Å². The summed E-state index contributed by atoms with van der Waals surface area (Å²) in [4.78, 5) is 10.5. The molecular formula is C17H17F2N7. The van der Waals surface area contributed by atoms with Crippen LogP contribution in [0.5, 0.6) is 0 Å². The number of anilines is 1. The Labute approximate surface area is 148 Å². The van der Waals surface area contributed by atoms with Crippen molar-refractivity contribution in [2.24, 2.45) is 7.05 Å². The van der Waals surface area contributed by atoms with Crippen molar-refractivity contribution in [1.82, 2.24) is 29.4 Å². The summed E-state index contributed by atoms with van der Waals surface area (Å²) >= 11 is 0. The number of alkyl halides is 2. The standard InChI is InChI=1S/C17H17F2N7/c1-11-15(16(18)19)20-14-8-6-12(22-26(11)14)5-7-13-21-17(23-24(13)2)25-9-3-4-10-25/h6,8,16H,3-4,9-10H2,1-2H3. The predicted molar refractivity (Wildman–Crippen MR) is 91.1 cm³/mol. The lowest BCUT2D eigenvalue weighted by Gasteiger charge is -2.10. The lowest BCUT2D eigenvalue weighted by Crippen LogP contribution is -2.19. The molecule has 1 aliphatic rings. The third-order valence-corrected chi connectivity index (χ3v) is 4.39. The second-order valence-corrected chi connectivity index (χ2v) is 6.17. The average Bonchev–Trinajstić information content (AvgIpc) is 3.33. The van der Waals surface area contributed by atoms with E-state index in [9.17, 15) is 8.78 Å². The summed E-state index contributed by atoms with van der Waals surface area (Å²) in [5.41, 5.74) is 0.877. The minimum atomic E-state index is -2.63. The van der Waals surface area contributed by atoms with Gasteiger partial charge in [-0.15, -0.1) is 5.10 Å². The highest BCUT2D eigenvalue weighted by atomic mass is 19.3. The summed E-state index contributed by atoms with van der Waals surface area (Å²) < 4.78 is 28.9. The van der Waals surface area contributed by atoms with E-state index in [0.717, 1.165) is 25.9 Å². The van der Waals surface area contributed by atoms with Crippen molar-refractivity contribution < 1.29 is 8.78 Å². The lowest BCUT2D eigenvalue weighted by molar-refractivity contribution is 0.146. The van der Waals surface area contributed by atoms with E-state index in [0.29, 0.717) is 28.8 Å². The second-order valence-electron chi connectivity index (χ2n) is 6.17. The number of halogens is 2. The molecule has 3 aromatic rings. The number of nitrogens with zero attached hydrogens (tertiary/aromatic N) is 7. The topological polar surface area (TPSA) is 64.1 Å². The third kappa shape index (κ3) is 2.87. The highest BCUT2D eigenvalue weighted by Crippen LogP contribution is 2.22. The molecule has 4 heterocycles. The van der Waals surface area contributed by atoms with Gasteiger partial charge in [-0.3, -0.25) is 0 Å². The smallest absolute Gasteiger partial charge is 0.282 e. The molecule has 1 aliphatic heterocycles. The highest BCUT2D eigenvalue weighted by molar-refractivity contribution is 5.45. The molecule has 0 N–H and O–H groups in total. The lowest BCUT2D eigenvalue weighted by atomic mass is 10.3. The van der Waals surface area contributed by atoms with Crippen molar-refractivity contribution in [3.63, 3.8) is 0 Å². The third-order valence-electron chi connectivity index (χ3n) is 4.39. The maximum Gasteiger partial charge on any atom is 0.282 e. The van der Waals surface area contributed by atoms with Crippen LogP contribution >= 0.6 is 0 Å². The number of imidazole rings is 1. The van der Waals surface area contributed by atoms with Gasteiger partial charge in [0.1, 0.15) is 11.4 Å². The molecule has 0 aliphatic carbocycles. The van der Waals surface area contributed by atoms with E-state index in [2.05, 4.69) is 36.9 Å². The van der Waals surface area contributed by atoms with Gasteiger partial charge in [0.05, 0.1) is 5.69 Å². The first-order chi connectivity index (χ1) is 12.5.